The van der Waals surface area contributed by atoms with Crippen LogP contribution in [0, 0.1) is 11.6 Å². The molecule has 0 aromatic heterocycles. The third-order valence-corrected chi connectivity index (χ3v) is 1.74. The van der Waals surface area contributed by atoms with Gasteiger partial charge in [0.15, 0.2) is 11.6 Å². The number of likely N-dealkylation sites (N-methyl/N-ethyl adjacent to an activating group) is 1. The van der Waals surface area contributed by atoms with E-state index in [-0.39, 0.29) is 5.75 Å². The van der Waals surface area contributed by atoms with Gasteiger partial charge in [0.1, 0.15) is 5.82 Å². The molecule has 1 aromatic rings. The van der Waals surface area contributed by atoms with Crippen molar-refractivity contribution in [2.45, 2.75) is 0 Å². The van der Waals surface area contributed by atoms with Gasteiger partial charge in [0.05, 0.1) is 0 Å². The number of amides is 1. The van der Waals surface area contributed by atoms with Gasteiger partial charge in [-0.25, -0.2) is 13.6 Å². The van der Waals surface area contributed by atoms with Crippen molar-refractivity contribution < 1.29 is 18.3 Å². The summed E-state index contributed by atoms with van der Waals surface area (Å²) in [4.78, 5) is 11.1. The highest BCUT2D eigenvalue weighted by Gasteiger charge is 2.09. The minimum Gasteiger partial charge on any atom is -0.407 e. The minimum atomic E-state index is -0.913. The highest BCUT2D eigenvalue weighted by atomic mass is 19.1. The van der Waals surface area contributed by atoms with Gasteiger partial charge in [-0.2, -0.15) is 0 Å². The van der Waals surface area contributed by atoms with Crippen LogP contribution in [0.3, 0.4) is 0 Å². The van der Waals surface area contributed by atoms with Crippen molar-refractivity contribution in [2.75, 3.05) is 20.1 Å². The molecule has 2 N–H and O–H groups in total. The van der Waals surface area contributed by atoms with E-state index in [0.717, 1.165) is 12.1 Å². The summed E-state index contributed by atoms with van der Waals surface area (Å²) < 4.78 is 30.2. The maximum absolute atomic E-state index is 13.0. The van der Waals surface area contributed by atoms with E-state index in [9.17, 15) is 13.6 Å². The molecule has 0 fully saturated rings. The molecule has 1 rings (SSSR count). The Balaban J connectivity index is 2.49. The molecule has 88 valence electrons. The molecule has 0 radical (unpaired) electrons. The smallest absolute Gasteiger partial charge is 0.407 e. The molecule has 0 unspecified atom stereocenters. The molecular weight excluding hydrogens is 218 g/mol. The summed E-state index contributed by atoms with van der Waals surface area (Å²) in [5.41, 5.74) is 0. The zero-order chi connectivity index (χ0) is 12.0. The molecule has 0 spiro atoms. The van der Waals surface area contributed by atoms with Crippen molar-refractivity contribution in [1.29, 1.82) is 0 Å². The average Bonchev–Trinajstić information content (AvgIpc) is 2.23. The Kier molecular flexibility index (Phi) is 4.65. The van der Waals surface area contributed by atoms with Crippen molar-refractivity contribution in [2.24, 2.45) is 0 Å². The lowest BCUT2D eigenvalue weighted by Crippen LogP contribution is -2.32. The summed E-state index contributed by atoms with van der Waals surface area (Å²) in [7, 11) is 1.73. The number of carbonyl (C=O) groups is 1. The molecule has 6 heteroatoms. The zero-order valence-corrected chi connectivity index (χ0v) is 8.72. The van der Waals surface area contributed by atoms with Crippen LogP contribution < -0.4 is 15.4 Å². The zero-order valence-electron chi connectivity index (χ0n) is 8.72. The molecular formula is C10H12F2N2O2. The number of rotatable bonds is 4. The molecule has 1 amide bonds. The average molecular weight is 230 g/mol. The SMILES string of the molecule is CNCCNC(=O)Oc1ccc(F)cc1F. The highest BCUT2D eigenvalue weighted by Crippen LogP contribution is 2.17. The molecule has 0 aliphatic heterocycles. The van der Waals surface area contributed by atoms with Crippen LogP contribution in [0.2, 0.25) is 0 Å². The number of halogens is 2. The van der Waals surface area contributed by atoms with E-state index in [4.69, 9.17) is 0 Å². The fourth-order valence-electron chi connectivity index (χ4n) is 0.983. The van der Waals surface area contributed by atoms with E-state index >= 15 is 0 Å². The predicted octanol–water partition coefficient (Wildman–Crippen LogP) is 1.27. The van der Waals surface area contributed by atoms with Crippen molar-refractivity contribution in [3.8, 4) is 5.75 Å². The van der Waals surface area contributed by atoms with Gasteiger partial charge in [0, 0.05) is 19.2 Å². The normalized spacial score (nSPS) is 9.94. The highest BCUT2D eigenvalue weighted by molar-refractivity contribution is 5.70. The quantitative estimate of drug-likeness (QED) is 0.766. The van der Waals surface area contributed by atoms with Crippen molar-refractivity contribution in [3.05, 3.63) is 29.8 Å². The van der Waals surface area contributed by atoms with Crippen LogP contribution in [-0.2, 0) is 0 Å². The largest absolute Gasteiger partial charge is 0.412 e. The fraction of sp³-hybridized carbons (Fsp3) is 0.300. The summed E-state index contributed by atoms with van der Waals surface area (Å²) in [6.07, 6.45) is -0.777. The van der Waals surface area contributed by atoms with Crippen LogP contribution in [0.25, 0.3) is 0 Å². The summed E-state index contributed by atoms with van der Waals surface area (Å²) >= 11 is 0. The van der Waals surface area contributed by atoms with Crippen LogP contribution in [0.5, 0.6) is 5.75 Å². The van der Waals surface area contributed by atoms with Crippen molar-refractivity contribution in [3.63, 3.8) is 0 Å². The van der Waals surface area contributed by atoms with E-state index in [2.05, 4.69) is 15.4 Å². The van der Waals surface area contributed by atoms with Gasteiger partial charge in [-0.15, -0.1) is 0 Å². The van der Waals surface area contributed by atoms with Gasteiger partial charge in [-0.05, 0) is 19.2 Å². The van der Waals surface area contributed by atoms with Gasteiger partial charge in [0.25, 0.3) is 0 Å². The van der Waals surface area contributed by atoms with Crippen LogP contribution >= 0.6 is 0 Å². The van der Waals surface area contributed by atoms with Crippen LogP contribution in [-0.4, -0.2) is 26.2 Å². The third kappa shape index (κ3) is 3.82. The van der Waals surface area contributed by atoms with Crippen molar-refractivity contribution >= 4 is 6.09 Å². The molecule has 0 aliphatic carbocycles. The van der Waals surface area contributed by atoms with Gasteiger partial charge in [-0.3, -0.25) is 0 Å². The van der Waals surface area contributed by atoms with Crippen molar-refractivity contribution in [1.82, 2.24) is 10.6 Å². The monoisotopic (exact) mass is 230 g/mol. The van der Waals surface area contributed by atoms with E-state index in [1.165, 1.54) is 0 Å². The summed E-state index contributed by atoms with van der Waals surface area (Å²) in [5, 5.41) is 5.20. The number of carbonyl (C=O) groups excluding carboxylic acids is 1. The standard InChI is InChI=1S/C10H12F2N2O2/c1-13-4-5-14-10(15)16-9-3-2-7(11)6-8(9)12/h2-3,6,13H,4-5H2,1H3,(H,14,15). The van der Waals surface area contributed by atoms with E-state index < -0.39 is 17.7 Å². The molecule has 0 atom stereocenters. The second-order valence-electron chi connectivity index (χ2n) is 2.99. The third-order valence-electron chi connectivity index (χ3n) is 1.74. The van der Waals surface area contributed by atoms with Crippen LogP contribution in [0.4, 0.5) is 13.6 Å². The summed E-state index contributed by atoms with van der Waals surface area (Å²) in [6.45, 7) is 0.930. The minimum absolute atomic E-state index is 0.302. The molecule has 4 nitrogen and oxygen atoms in total. The Labute approximate surface area is 91.6 Å². The first-order chi connectivity index (χ1) is 7.63. The first-order valence-corrected chi connectivity index (χ1v) is 4.69. The van der Waals surface area contributed by atoms with E-state index in [0.29, 0.717) is 19.2 Å². The number of hydrogen-bond acceptors (Lipinski definition) is 3. The second kappa shape index (κ2) is 6.02. The Morgan fingerprint density at radius 3 is 2.75 bits per heavy atom. The Morgan fingerprint density at radius 1 is 1.38 bits per heavy atom. The maximum atomic E-state index is 13.0. The van der Waals surface area contributed by atoms with Gasteiger partial charge in [-0.1, -0.05) is 0 Å². The molecule has 0 bridgehead atoms. The van der Waals surface area contributed by atoms with E-state index in [1.807, 2.05) is 0 Å². The molecule has 0 saturated heterocycles. The lowest BCUT2D eigenvalue weighted by atomic mass is 10.3. The van der Waals surface area contributed by atoms with Gasteiger partial charge >= 0.3 is 6.09 Å². The molecule has 0 heterocycles. The summed E-state index contributed by atoms with van der Waals surface area (Å²) in [6, 6.07) is 2.72. The number of benzene rings is 1. The number of ether oxygens (including phenoxy) is 1. The Hall–Kier alpha value is -1.69. The van der Waals surface area contributed by atoms with E-state index in [1.54, 1.807) is 7.05 Å². The number of nitrogens with one attached hydrogen (secondary N) is 2. The molecule has 1 aromatic carbocycles. The Morgan fingerprint density at radius 2 is 2.12 bits per heavy atom. The topological polar surface area (TPSA) is 50.4 Å². The first-order valence-electron chi connectivity index (χ1n) is 4.69. The first kappa shape index (κ1) is 12.4. The van der Waals surface area contributed by atoms with Gasteiger partial charge < -0.3 is 15.4 Å². The van der Waals surface area contributed by atoms with Crippen LogP contribution in [0.15, 0.2) is 18.2 Å². The maximum Gasteiger partial charge on any atom is 0.412 e. The lowest BCUT2D eigenvalue weighted by Gasteiger charge is -2.06. The Bertz CT molecular complexity index is 372. The second-order valence-corrected chi connectivity index (χ2v) is 2.99. The fourth-order valence-corrected chi connectivity index (χ4v) is 0.983. The predicted molar refractivity (Wildman–Crippen MR) is 54.3 cm³/mol. The molecule has 0 saturated carbocycles. The van der Waals surface area contributed by atoms with Crippen LogP contribution in [0.1, 0.15) is 0 Å². The number of hydrogen-bond donors (Lipinski definition) is 2. The molecule has 16 heavy (non-hydrogen) atoms. The van der Waals surface area contributed by atoms with Gasteiger partial charge in [0.2, 0.25) is 0 Å². The summed E-state index contributed by atoms with van der Waals surface area (Å²) in [5.74, 6) is -1.94. The molecule has 0 aliphatic rings. The lowest BCUT2D eigenvalue weighted by molar-refractivity contribution is 0.198.